The van der Waals surface area contributed by atoms with Crippen LogP contribution in [0.4, 0.5) is 6.01 Å². The van der Waals surface area contributed by atoms with Gasteiger partial charge in [0.2, 0.25) is 0 Å². The SMILES string of the molecule is CCN1CCCC(Cc2noc(N)n2)C1. The van der Waals surface area contributed by atoms with Crippen LogP contribution in [0, 0.1) is 5.92 Å². The first-order valence-corrected chi connectivity index (χ1v) is 5.58. The van der Waals surface area contributed by atoms with Crippen LogP contribution in [0.3, 0.4) is 0 Å². The molecule has 15 heavy (non-hydrogen) atoms. The second-order valence-corrected chi connectivity index (χ2v) is 4.15. The molecule has 1 aromatic rings. The number of likely N-dealkylation sites (tertiary alicyclic amines) is 1. The predicted octanol–water partition coefficient (Wildman–Crippen LogP) is 0.926. The summed E-state index contributed by atoms with van der Waals surface area (Å²) in [7, 11) is 0. The van der Waals surface area contributed by atoms with Crippen molar-refractivity contribution in [2.24, 2.45) is 5.92 Å². The maximum Gasteiger partial charge on any atom is 0.318 e. The molecule has 2 N–H and O–H groups in total. The van der Waals surface area contributed by atoms with Gasteiger partial charge in [0, 0.05) is 13.0 Å². The van der Waals surface area contributed by atoms with Crippen molar-refractivity contribution in [2.75, 3.05) is 25.4 Å². The third-order valence-electron chi connectivity index (χ3n) is 3.01. The number of rotatable bonds is 3. The first-order valence-electron chi connectivity index (χ1n) is 5.58. The number of aromatic nitrogens is 2. The van der Waals surface area contributed by atoms with Crippen molar-refractivity contribution in [1.82, 2.24) is 15.0 Å². The summed E-state index contributed by atoms with van der Waals surface area (Å²) in [6, 6.07) is 0.174. The highest BCUT2D eigenvalue weighted by Gasteiger charge is 2.20. The Hall–Kier alpha value is -1.10. The molecule has 1 fully saturated rings. The van der Waals surface area contributed by atoms with E-state index in [1.807, 2.05) is 0 Å². The van der Waals surface area contributed by atoms with Crippen LogP contribution in [0.5, 0.6) is 0 Å². The highest BCUT2D eigenvalue weighted by molar-refractivity contribution is 5.07. The van der Waals surface area contributed by atoms with E-state index in [0.29, 0.717) is 5.92 Å². The molecular formula is C10H18N4O. The molecular weight excluding hydrogens is 192 g/mol. The molecule has 2 heterocycles. The van der Waals surface area contributed by atoms with Gasteiger partial charge in [-0.2, -0.15) is 4.98 Å². The maximum atomic E-state index is 5.39. The van der Waals surface area contributed by atoms with Gasteiger partial charge < -0.3 is 15.2 Å². The van der Waals surface area contributed by atoms with Crippen molar-refractivity contribution in [3.63, 3.8) is 0 Å². The van der Waals surface area contributed by atoms with Gasteiger partial charge in [0.15, 0.2) is 5.82 Å². The summed E-state index contributed by atoms with van der Waals surface area (Å²) in [4.78, 5) is 6.51. The highest BCUT2D eigenvalue weighted by atomic mass is 16.5. The molecule has 2 rings (SSSR count). The molecule has 5 heteroatoms. The number of piperidine rings is 1. The summed E-state index contributed by atoms with van der Waals surface area (Å²) in [5.74, 6) is 1.39. The molecule has 1 atom stereocenters. The maximum absolute atomic E-state index is 5.39. The fourth-order valence-corrected chi connectivity index (χ4v) is 2.21. The molecule has 0 amide bonds. The second-order valence-electron chi connectivity index (χ2n) is 4.15. The van der Waals surface area contributed by atoms with E-state index >= 15 is 0 Å². The van der Waals surface area contributed by atoms with E-state index in [9.17, 15) is 0 Å². The van der Waals surface area contributed by atoms with Gasteiger partial charge >= 0.3 is 6.01 Å². The van der Waals surface area contributed by atoms with Crippen LogP contribution in [-0.4, -0.2) is 34.7 Å². The topological polar surface area (TPSA) is 68.2 Å². The standard InChI is InChI=1S/C10H18N4O/c1-2-14-5-3-4-8(7-14)6-9-12-10(11)15-13-9/h8H,2-7H2,1H3,(H2,11,12,13). The Kier molecular flexibility index (Phi) is 3.20. The lowest BCUT2D eigenvalue weighted by molar-refractivity contribution is 0.180. The number of nitrogens with two attached hydrogens (primary N) is 1. The van der Waals surface area contributed by atoms with Crippen molar-refractivity contribution in [1.29, 1.82) is 0 Å². The number of hydrogen-bond acceptors (Lipinski definition) is 5. The van der Waals surface area contributed by atoms with Gasteiger partial charge in [0.05, 0.1) is 0 Å². The molecule has 1 saturated heterocycles. The summed E-state index contributed by atoms with van der Waals surface area (Å²) >= 11 is 0. The first-order chi connectivity index (χ1) is 7.28. The fraction of sp³-hybridized carbons (Fsp3) is 0.800. The molecule has 1 aliphatic heterocycles. The van der Waals surface area contributed by atoms with Gasteiger partial charge in [-0.3, -0.25) is 0 Å². The zero-order valence-corrected chi connectivity index (χ0v) is 9.15. The van der Waals surface area contributed by atoms with Crippen molar-refractivity contribution in [3.05, 3.63) is 5.82 Å². The smallest absolute Gasteiger partial charge is 0.318 e. The van der Waals surface area contributed by atoms with Gasteiger partial charge in [0.1, 0.15) is 0 Å². The number of hydrogen-bond donors (Lipinski definition) is 1. The van der Waals surface area contributed by atoms with Crippen LogP contribution in [0.1, 0.15) is 25.6 Å². The zero-order valence-electron chi connectivity index (χ0n) is 9.15. The van der Waals surface area contributed by atoms with Gasteiger partial charge in [-0.05, 0) is 31.8 Å². The third-order valence-corrected chi connectivity index (χ3v) is 3.01. The molecule has 5 nitrogen and oxygen atoms in total. The second kappa shape index (κ2) is 4.61. The molecule has 0 saturated carbocycles. The van der Waals surface area contributed by atoms with Gasteiger partial charge in [-0.25, -0.2) is 0 Å². The predicted molar refractivity (Wildman–Crippen MR) is 57.3 cm³/mol. The molecule has 0 spiro atoms. The summed E-state index contributed by atoms with van der Waals surface area (Å²) in [6.45, 7) is 5.70. The number of nitrogen functional groups attached to an aromatic ring is 1. The lowest BCUT2D eigenvalue weighted by atomic mass is 9.94. The first kappa shape index (κ1) is 10.4. The van der Waals surface area contributed by atoms with Crippen LogP contribution in [-0.2, 0) is 6.42 Å². The van der Waals surface area contributed by atoms with Crippen LogP contribution in [0.25, 0.3) is 0 Å². The Morgan fingerprint density at radius 3 is 3.13 bits per heavy atom. The van der Waals surface area contributed by atoms with Crippen molar-refractivity contribution in [2.45, 2.75) is 26.2 Å². The van der Waals surface area contributed by atoms with E-state index in [1.54, 1.807) is 0 Å². The molecule has 0 aromatic carbocycles. The Labute approximate surface area is 89.6 Å². The minimum absolute atomic E-state index is 0.174. The molecule has 0 bridgehead atoms. The quantitative estimate of drug-likeness (QED) is 0.803. The summed E-state index contributed by atoms with van der Waals surface area (Å²) in [6.07, 6.45) is 3.41. The summed E-state index contributed by atoms with van der Waals surface area (Å²) < 4.78 is 4.76. The Bertz CT molecular complexity index is 312. The van der Waals surface area contributed by atoms with E-state index in [0.717, 1.165) is 25.3 Å². The average molecular weight is 210 g/mol. The lowest BCUT2D eigenvalue weighted by Gasteiger charge is -2.31. The Balaban J connectivity index is 1.88. The van der Waals surface area contributed by atoms with E-state index in [4.69, 9.17) is 10.3 Å². The fourth-order valence-electron chi connectivity index (χ4n) is 2.21. The molecule has 1 aliphatic rings. The van der Waals surface area contributed by atoms with Crippen LogP contribution < -0.4 is 5.73 Å². The third kappa shape index (κ3) is 2.68. The van der Waals surface area contributed by atoms with E-state index in [1.165, 1.54) is 19.4 Å². The van der Waals surface area contributed by atoms with E-state index in [-0.39, 0.29) is 6.01 Å². The average Bonchev–Trinajstić information content (AvgIpc) is 2.64. The van der Waals surface area contributed by atoms with Crippen molar-refractivity contribution >= 4 is 6.01 Å². The van der Waals surface area contributed by atoms with Gasteiger partial charge in [-0.15, -0.1) is 0 Å². The number of nitrogens with zero attached hydrogens (tertiary/aromatic N) is 3. The molecule has 1 aromatic heterocycles. The van der Waals surface area contributed by atoms with Crippen LogP contribution in [0.2, 0.25) is 0 Å². The lowest BCUT2D eigenvalue weighted by Crippen LogP contribution is -2.36. The van der Waals surface area contributed by atoms with Gasteiger partial charge in [-0.1, -0.05) is 12.1 Å². The number of anilines is 1. The van der Waals surface area contributed by atoms with E-state index < -0.39 is 0 Å². The molecule has 1 unspecified atom stereocenters. The van der Waals surface area contributed by atoms with Crippen molar-refractivity contribution < 1.29 is 4.52 Å². The minimum Gasteiger partial charge on any atom is -0.351 e. The van der Waals surface area contributed by atoms with Crippen LogP contribution in [0.15, 0.2) is 4.52 Å². The van der Waals surface area contributed by atoms with E-state index in [2.05, 4.69) is 22.0 Å². The highest BCUT2D eigenvalue weighted by Crippen LogP contribution is 2.19. The summed E-state index contributed by atoms with van der Waals surface area (Å²) in [5.41, 5.74) is 5.39. The molecule has 0 aliphatic carbocycles. The summed E-state index contributed by atoms with van der Waals surface area (Å²) in [5, 5.41) is 3.83. The monoisotopic (exact) mass is 210 g/mol. The van der Waals surface area contributed by atoms with Crippen molar-refractivity contribution in [3.8, 4) is 0 Å². The minimum atomic E-state index is 0.174. The normalized spacial score (nSPS) is 23.1. The van der Waals surface area contributed by atoms with Gasteiger partial charge in [0.25, 0.3) is 0 Å². The molecule has 0 radical (unpaired) electrons. The Morgan fingerprint density at radius 1 is 1.60 bits per heavy atom. The van der Waals surface area contributed by atoms with Crippen LogP contribution >= 0.6 is 0 Å². The zero-order chi connectivity index (χ0) is 10.7. The molecule has 84 valence electrons. The Morgan fingerprint density at radius 2 is 2.47 bits per heavy atom. The largest absolute Gasteiger partial charge is 0.351 e.